The van der Waals surface area contributed by atoms with Crippen LogP contribution in [0.1, 0.15) is 24.1 Å². The van der Waals surface area contributed by atoms with Gasteiger partial charge in [0, 0.05) is 24.7 Å². The molecule has 0 saturated carbocycles. The molecule has 1 aliphatic heterocycles. The van der Waals surface area contributed by atoms with Crippen molar-refractivity contribution < 1.29 is 18.1 Å². The Labute approximate surface area is 237 Å². The van der Waals surface area contributed by atoms with E-state index in [4.69, 9.17) is 9.84 Å². The molecule has 0 radical (unpaired) electrons. The standard InChI is InChI=1S/C28H29N7O5S/c1-20-23(28(33-16-8-9-17-33)34(31-20)21-10-4-3-5-11-21)19-29-30-24-15-14-22(18-26(24)35(36)37)41(38,39)32-25-12-6-7-13-27(25)40-2/h3-7,10-15,18,32H,8-9,16-17,19H2,1-2H3. The van der Waals surface area contributed by atoms with Crippen LogP contribution in [-0.4, -0.2) is 43.3 Å². The molecule has 0 amide bonds. The maximum atomic E-state index is 13.0. The van der Waals surface area contributed by atoms with Gasteiger partial charge < -0.3 is 9.64 Å². The average molecular weight is 576 g/mol. The van der Waals surface area contributed by atoms with Crippen LogP contribution >= 0.6 is 0 Å². The summed E-state index contributed by atoms with van der Waals surface area (Å²) >= 11 is 0. The number of nitro groups is 1. The molecule has 2 heterocycles. The van der Waals surface area contributed by atoms with Crippen molar-refractivity contribution in [3.63, 3.8) is 0 Å². The Hall–Kier alpha value is -4.78. The second-order valence-electron chi connectivity index (χ2n) is 9.44. The van der Waals surface area contributed by atoms with Crippen LogP contribution < -0.4 is 14.4 Å². The molecule has 13 heteroatoms. The van der Waals surface area contributed by atoms with Crippen molar-refractivity contribution in [2.24, 2.45) is 10.2 Å². The molecule has 5 rings (SSSR count). The molecule has 1 N–H and O–H groups in total. The Balaban J connectivity index is 1.43. The fourth-order valence-electron chi connectivity index (χ4n) is 4.75. The molecular formula is C28H29N7O5S. The number of nitro benzene ring substituents is 1. The number of aromatic nitrogens is 2. The minimum atomic E-state index is -4.15. The topological polar surface area (TPSA) is 144 Å². The summed E-state index contributed by atoms with van der Waals surface area (Å²) in [7, 11) is -2.73. The molecule has 3 aromatic carbocycles. The van der Waals surface area contributed by atoms with Crippen LogP contribution in [0.3, 0.4) is 0 Å². The van der Waals surface area contributed by atoms with Crippen LogP contribution in [0.25, 0.3) is 5.69 Å². The third kappa shape index (κ3) is 5.89. The lowest BCUT2D eigenvalue weighted by Gasteiger charge is -2.20. The Morgan fingerprint density at radius 2 is 1.76 bits per heavy atom. The first-order valence-electron chi connectivity index (χ1n) is 13.0. The number of ether oxygens (including phenoxy) is 1. The summed E-state index contributed by atoms with van der Waals surface area (Å²) in [5.74, 6) is 1.25. The number of benzene rings is 3. The largest absolute Gasteiger partial charge is 0.495 e. The number of para-hydroxylation sites is 3. The number of azo groups is 1. The van der Waals surface area contributed by atoms with Crippen LogP contribution in [0.2, 0.25) is 0 Å². The van der Waals surface area contributed by atoms with Gasteiger partial charge in [0.25, 0.3) is 15.7 Å². The zero-order valence-corrected chi connectivity index (χ0v) is 23.4. The van der Waals surface area contributed by atoms with E-state index in [2.05, 4.69) is 19.9 Å². The van der Waals surface area contributed by atoms with Crippen molar-refractivity contribution in [2.75, 3.05) is 29.8 Å². The van der Waals surface area contributed by atoms with Crippen LogP contribution in [0.5, 0.6) is 5.75 Å². The summed E-state index contributed by atoms with van der Waals surface area (Å²) in [6.45, 7) is 3.84. The highest BCUT2D eigenvalue weighted by atomic mass is 32.2. The van der Waals surface area contributed by atoms with Gasteiger partial charge in [-0.1, -0.05) is 30.3 Å². The predicted molar refractivity (Wildman–Crippen MR) is 155 cm³/mol. The molecule has 1 aliphatic rings. The average Bonchev–Trinajstić information content (AvgIpc) is 3.61. The Kier molecular flexibility index (Phi) is 7.97. The number of sulfonamides is 1. The molecule has 1 saturated heterocycles. The summed E-state index contributed by atoms with van der Waals surface area (Å²) in [5, 5.41) is 25.1. The van der Waals surface area contributed by atoms with E-state index in [0.29, 0.717) is 5.75 Å². The van der Waals surface area contributed by atoms with Crippen LogP contribution in [-0.2, 0) is 16.6 Å². The molecule has 1 aromatic heterocycles. The molecule has 1 fully saturated rings. The maximum absolute atomic E-state index is 13.0. The molecule has 41 heavy (non-hydrogen) atoms. The third-order valence-electron chi connectivity index (χ3n) is 6.78. The number of aryl methyl sites for hydroxylation is 1. The van der Waals surface area contributed by atoms with E-state index in [1.165, 1.54) is 25.3 Å². The summed E-state index contributed by atoms with van der Waals surface area (Å²) in [6, 6.07) is 19.8. The first-order chi connectivity index (χ1) is 19.8. The molecule has 0 aliphatic carbocycles. The quantitative estimate of drug-likeness (QED) is 0.143. The van der Waals surface area contributed by atoms with E-state index in [1.54, 1.807) is 18.2 Å². The molecule has 0 unspecified atom stereocenters. The first kappa shape index (κ1) is 27.8. The van der Waals surface area contributed by atoms with Gasteiger partial charge in [0.1, 0.15) is 11.6 Å². The van der Waals surface area contributed by atoms with Gasteiger partial charge in [-0.05, 0) is 56.2 Å². The molecule has 12 nitrogen and oxygen atoms in total. The highest BCUT2D eigenvalue weighted by Gasteiger charge is 2.25. The van der Waals surface area contributed by atoms with E-state index in [0.717, 1.165) is 54.8 Å². The fraction of sp³-hybridized carbons (Fsp3) is 0.250. The second-order valence-corrected chi connectivity index (χ2v) is 11.1. The smallest absolute Gasteiger partial charge is 0.298 e. The number of nitrogens with zero attached hydrogens (tertiary/aromatic N) is 6. The van der Waals surface area contributed by atoms with Crippen molar-refractivity contribution in [3.8, 4) is 11.4 Å². The van der Waals surface area contributed by atoms with Gasteiger partial charge in [-0.15, -0.1) is 5.11 Å². The van der Waals surface area contributed by atoms with Crippen molar-refractivity contribution in [1.82, 2.24) is 9.78 Å². The summed E-state index contributed by atoms with van der Waals surface area (Å²) in [5.41, 5.74) is 2.27. The zero-order chi connectivity index (χ0) is 29.0. The lowest BCUT2D eigenvalue weighted by atomic mass is 10.2. The van der Waals surface area contributed by atoms with E-state index >= 15 is 0 Å². The minimum Gasteiger partial charge on any atom is -0.495 e. The number of hydrogen-bond donors (Lipinski definition) is 1. The van der Waals surface area contributed by atoms with E-state index < -0.39 is 20.6 Å². The second kappa shape index (κ2) is 11.8. The van der Waals surface area contributed by atoms with Gasteiger partial charge in [-0.2, -0.15) is 10.2 Å². The molecular weight excluding hydrogens is 546 g/mol. The lowest BCUT2D eigenvalue weighted by Crippen LogP contribution is -2.22. The van der Waals surface area contributed by atoms with Gasteiger partial charge in [-0.25, -0.2) is 13.1 Å². The highest BCUT2D eigenvalue weighted by Crippen LogP contribution is 2.34. The monoisotopic (exact) mass is 575 g/mol. The molecule has 0 spiro atoms. The minimum absolute atomic E-state index is 0.0536. The molecule has 0 bridgehead atoms. The van der Waals surface area contributed by atoms with Gasteiger partial charge in [-0.3, -0.25) is 14.8 Å². The van der Waals surface area contributed by atoms with Gasteiger partial charge >= 0.3 is 0 Å². The van der Waals surface area contributed by atoms with Gasteiger partial charge in [0.2, 0.25) is 0 Å². The third-order valence-corrected chi connectivity index (χ3v) is 8.14. The zero-order valence-electron chi connectivity index (χ0n) is 22.6. The van der Waals surface area contributed by atoms with Gasteiger partial charge in [0.15, 0.2) is 5.69 Å². The predicted octanol–water partition coefficient (Wildman–Crippen LogP) is 5.78. The Morgan fingerprint density at radius 1 is 1.05 bits per heavy atom. The highest BCUT2D eigenvalue weighted by molar-refractivity contribution is 7.92. The number of nitrogens with one attached hydrogen (secondary N) is 1. The summed E-state index contributed by atoms with van der Waals surface area (Å²) < 4.78 is 35.5. The van der Waals surface area contributed by atoms with E-state index in [1.807, 2.05) is 41.9 Å². The summed E-state index contributed by atoms with van der Waals surface area (Å²) in [4.78, 5) is 13.2. The number of rotatable bonds is 10. The molecule has 0 atom stereocenters. The number of anilines is 2. The van der Waals surface area contributed by atoms with Crippen molar-refractivity contribution in [1.29, 1.82) is 0 Å². The number of methoxy groups -OCH3 is 1. The SMILES string of the molecule is COc1ccccc1NS(=O)(=O)c1ccc(N=NCc2c(C)nn(-c3ccccc3)c2N2CCCC2)c([N+](=O)[O-])c1. The fourth-order valence-corrected chi connectivity index (χ4v) is 5.84. The summed E-state index contributed by atoms with van der Waals surface area (Å²) in [6.07, 6.45) is 2.15. The lowest BCUT2D eigenvalue weighted by molar-refractivity contribution is -0.384. The Bertz CT molecular complexity index is 1700. The molecule has 4 aromatic rings. The maximum Gasteiger partial charge on any atom is 0.298 e. The molecule has 212 valence electrons. The number of hydrogen-bond acceptors (Lipinski definition) is 9. The van der Waals surface area contributed by atoms with Crippen molar-refractivity contribution in [3.05, 3.63) is 94.2 Å². The van der Waals surface area contributed by atoms with Crippen molar-refractivity contribution in [2.45, 2.75) is 31.2 Å². The first-order valence-corrected chi connectivity index (χ1v) is 14.5. The van der Waals surface area contributed by atoms with E-state index in [-0.39, 0.29) is 22.8 Å². The van der Waals surface area contributed by atoms with Gasteiger partial charge in [0.05, 0.1) is 40.5 Å². The van der Waals surface area contributed by atoms with E-state index in [9.17, 15) is 18.5 Å². The van der Waals surface area contributed by atoms with Crippen LogP contribution in [0.4, 0.5) is 22.9 Å². The normalized spacial score (nSPS) is 13.6. The van der Waals surface area contributed by atoms with Crippen molar-refractivity contribution >= 4 is 32.9 Å². The Morgan fingerprint density at radius 3 is 2.46 bits per heavy atom. The van der Waals surface area contributed by atoms with Crippen LogP contribution in [0, 0.1) is 17.0 Å². The van der Waals surface area contributed by atoms with Crippen LogP contribution in [0.15, 0.2) is 87.9 Å².